The van der Waals surface area contributed by atoms with Crippen molar-refractivity contribution in [1.82, 2.24) is 4.90 Å². The zero-order chi connectivity index (χ0) is 32.3. The molecule has 0 unspecified atom stereocenters. The average molecular weight is 773 g/mol. The van der Waals surface area contributed by atoms with Crippen LogP contribution in [0.3, 0.4) is 0 Å². The van der Waals surface area contributed by atoms with Crippen LogP contribution in [-0.4, -0.2) is 56.0 Å². The van der Waals surface area contributed by atoms with E-state index >= 15 is 0 Å². The van der Waals surface area contributed by atoms with Crippen LogP contribution in [0.5, 0.6) is 11.5 Å². The van der Waals surface area contributed by atoms with E-state index in [2.05, 4.69) is 31.9 Å². The van der Waals surface area contributed by atoms with Gasteiger partial charge in [-0.2, -0.15) is 0 Å². The molecule has 44 heavy (non-hydrogen) atoms. The number of rotatable bonds is 3. The number of phenols is 1. The van der Waals surface area contributed by atoms with Crippen molar-refractivity contribution in [2.75, 3.05) is 12.0 Å². The molecule has 0 radical (unpaired) electrons. The number of carbonyl (C=O) groups excluding carboxylic acids is 4. The van der Waals surface area contributed by atoms with Crippen LogP contribution in [0.25, 0.3) is 0 Å². The van der Waals surface area contributed by atoms with E-state index in [1.165, 1.54) is 30.2 Å². The maximum absolute atomic E-state index is 14.5. The predicted octanol–water partition coefficient (Wildman–Crippen LogP) is 6.43. The summed E-state index contributed by atoms with van der Waals surface area (Å²) in [5, 5.41) is 10.7. The fourth-order valence-corrected chi connectivity index (χ4v) is 9.27. The molecule has 0 bridgehead atoms. The Labute approximate surface area is 279 Å². The number of halogens is 5. The molecule has 232 valence electrons. The number of hydrogen-bond acceptors (Lipinski definition) is 6. The van der Waals surface area contributed by atoms with Crippen LogP contribution in [0.1, 0.15) is 45.1 Å². The standard InChI is InChI=1S/C31H27Br2Cl2FN2O6/c1-29(2,3)38-25(40)16-10-9-15-18(20(16)26(38)41)12-30(34)27(42)37(14-7-5-13(36)6-8-14)28(43)31(30,35)21(15)17-11-19(44-4)24(39)23(33)22(17)32/h5-9,11,16,18,20-21,39H,10,12H2,1-4H3/t16-,18+,20-,21+,30+,31-/m0/s1. The minimum Gasteiger partial charge on any atom is -0.503 e. The van der Waals surface area contributed by atoms with Gasteiger partial charge in [0.05, 0.1) is 29.1 Å². The van der Waals surface area contributed by atoms with E-state index in [1.807, 2.05) is 6.08 Å². The maximum atomic E-state index is 14.5. The number of aromatic hydroxyl groups is 1. The van der Waals surface area contributed by atoms with Crippen LogP contribution in [0.2, 0.25) is 0 Å². The molecule has 1 N–H and O–H groups in total. The Morgan fingerprint density at radius 3 is 2.23 bits per heavy atom. The van der Waals surface area contributed by atoms with Gasteiger partial charge in [0, 0.05) is 15.9 Å². The Hall–Kier alpha value is -2.47. The zero-order valence-corrected chi connectivity index (χ0v) is 28.6. The number of imide groups is 2. The smallest absolute Gasteiger partial charge is 0.258 e. The molecular weight excluding hydrogens is 746 g/mol. The normalized spacial score (nSPS) is 31.6. The number of carbonyl (C=O) groups is 4. The Kier molecular flexibility index (Phi) is 7.35. The molecule has 6 rings (SSSR count). The van der Waals surface area contributed by atoms with Crippen LogP contribution in [0.15, 0.2) is 50.9 Å². The third kappa shape index (κ3) is 4.04. The fourth-order valence-electron chi connectivity index (χ4n) is 7.38. The monoisotopic (exact) mass is 770 g/mol. The van der Waals surface area contributed by atoms with Gasteiger partial charge in [-0.3, -0.25) is 24.1 Å². The van der Waals surface area contributed by atoms with E-state index in [1.54, 1.807) is 20.8 Å². The summed E-state index contributed by atoms with van der Waals surface area (Å²) in [5.74, 6) is -6.41. The van der Waals surface area contributed by atoms with E-state index in [0.717, 1.165) is 17.0 Å². The highest BCUT2D eigenvalue weighted by Crippen LogP contribution is 2.67. The number of methoxy groups -OCH3 is 1. The van der Waals surface area contributed by atoms with Gasteiger partial charge in [-0.05, 0) is 107 Å². The van der Waals surface area contributed by atoms with Crippen LogP contribution >= 0.6 is 55.1 Å². The van der Waals surface area contributed by atoms with Gasteiger partial charge in [-0.1, -0.05) is 11.6 Å². The Bertz CT molecular complexity index is 1700. The van der Waals surface area contributed by atoms with Crippen molar-refractivity contribution in [2.45, 2.75) is 54.8 Å². The quantitative estimate of drug-likeness (QED) is 0.219. The molecule has 2 aliphatic heterocycles. The van der Waals surface area contributed by atoms with Crippen molar-refractivity contribution in [3.05, 3.63) is 62.3 Å². The highest BCUT2D eigenvalue weighted by molar-refractivity contribution is 9.13. The molecule has 4 amide bonds. The lowest BCUT2D eigenvalue weighted by Crippen LogP contribution is -2.60. The summed E-state index contributed by atoms with van der Waals surface area (Å²) in [6.45, 7) is 5.34. The van der Waals surface area contributed by atoms with Gasteiger partial charge in [-0.15, -0.1) is 23.2 Å². The van der Waals surface area contributed by atoms with Crippen molar-refractivity contribution in [3.63, 3.8) is 0 Å². The molecule has 2 aliphatic carbocycles. The largest absolute Gasteiger partial charge is 0.503 e. The van der Waals surface area contributed by atoms with Gasteiger partial charge in [0.25, 0.3) is 11.8 Å². The van der Waals surface area contributed by atoms with Crippen molar-refractivity contribution in [2.24, 2.45) is 17.8 Å². The van der Waals surface area contributed by atoms with Gasteiger partial charge in [0.15, 0.2) is 21.2 Å². The van der Waals surface area contributed by atoms with E-state index in [4.69, 9.17) is 27.9 Å². The molecule has 1 saturated carbocycles. The molecule has 0 aromatic heterocycles. The lowest BCUT2D eigenvalue weighted by atomic mass is 9.56. The molecule has 4 aliphatic rings. The van der Waals surface area contributed by atoms with Crippen molar-refractivity contribution in [3.8, 4) is 11.5 Å². The number of ether oxygens (including phenoxy) is 1. The van der Waals surface area contributed by atoms with E-state index in [-0.39, 0.29) is 46.3 Å². The molecule has 3 fully saturated rings. The number of likely N-dealkylation sites (tertiary alicyclic amines) is 1. The van der Waals surface area contributed by atoms with Crippen molar-refractivity contribution < 1.29 is 33.4 Å². The summed E-state index contributed by atoms with van der Waals surface area (Å²) in [5.41, 5.74) is 0.245. The van der Waals surface area contributed by atoms with Crippen LogP contribution in [-0.2, 0) is 19.2 Å². The highest BCUT2D eigenvalue weighted by Gasteiger charge is 2.77. The summed E-state index contributed by atoms with van der Waals surface area (Å²) in [6, 6.07) is 6.32. The molecule has 2 aromatic carbocycles. The Balaban J connectivity index is 1.61. The molecule has 13 heteroatoms. The minimum atomic E-state index is -2.13. The van der Waals surface area contributed by atoms with Crippen LogP contribution in [0.4, 0.5) is 10.1 Å². The second-order valence-corrected chi connectivity index (χ2v) is 15.4. The number of nitrogens with zero attached hydrogens (tertiary/aromatic N) is 2. The SMILES string of the molecule is COc1cc([C@H]2C3=CC[C@@H]4C(=O)N(C(C)(C)C)C(=O)[C@@H]4[C@@H]3C[C@@]3(Cl)C(=O)N(c4ccc(F)cc4)C(=O)[C@@]23Cl)c(Br)c(Br)c1O. The van der Waals surface area contributed by atoms with Gasteiger partial charge in [0.2, 0.25) is 11.8 Å². The predicted molar refractivity (Wildman–Crippen MR) is 168 cm³/mol. The van der Waals surface area contributed by atoms with Gasteiger partial charge < -0.3 is 9.84 Å². The summed E-state index contributed by atoms with van der Waals surface area (Å²) in [6.07, 6.45) is 1.84. The first-order valence-electron chi connectivity index (χ1n) is 13.9. The third-order valence-electron chi connectivity index (χ3n) is 9.27. The average Bonchev–Trinajstić information content (AvgIpc) is 3.31. The van der Waals surface area contributed by atoms with Gasteiger partial charge in [0.1, 0.15) is 5.82 Å². The number of allylic oxidation sites excluding steroid dienone is 2. The first-order chi connectivity index (χ1) is 20.5. The lowest BCUT2D eigenvalue weighted by molar-refractivity contribution is -0.145. The molecule has 2 heterocycles. The number of fused-ring (bicyclic) bond motifs is 4. The van der Waals surface area contributed by atoms with Crippen LogP contribution < -0.4 is 9.64 Å². The first-order valence-corrected chi connectivity index (χ1v) is 16.2. The molecular formula is C31H27Br2Cl2FN2O6. The van der Waals surface area contributed by atoms with E-state index < -0.39 is 56.6 Å². The number of alkyl halides is 2. The number of benzene rings is 2. The summed E-state index contributed by atoms with van der Waals surface area (Å²) >= 11 is 21.7. The Morgan fingerprint density at radius 1 is 1.00 bits per heavy atom. The summed E-state index contributed by atoms with van der Waals surface area (Å²) in [4.78, 5) is 54.4. The summed E-state index contributed by atoms with van der Waals surface area (Å²) < 4.78 is 19.8. The van der Waals surface area contributed by atoms with Gasteiger partial charge in [-0.25, -0.2) is 9.29 Å². The number of anilines is 1. The van der Waals surface area contributed by atoms with Crippen molar-refractivity contribution in [1.29, 1.82) is 0 Å². The summed E-state index contributed by atoms with van der Waals surface area (Å²) in [7, 11) is 1.36. The fraction of sp³-hybridized carbons (Fsp3) is 0.419. The highest BCUT2D eigenvalue weighted by atomic mass is 79.9. The number of hydrogen-bond donors (Lipinski definition) is 1. The second-order valence-electron chi connectivity index (χ2n) is 12.6. The molecule has 2 saturated heterocycles. The topological polar surface area (TPSA) is 104 Å². The van der Waals surface area contributed by atoms with E-state index in [9.17, 15) is 28.7 Å². The minimum absolute atomic E-state index is 0.0603. The molecule has 2 aromatic rings. The van der Waals surface area contributed by atoms with Crippen LogP contribution in [0, 0.1) is 23.6 Å². The molecule has 8 nitrogen and oxygen atoms in total. The lowest BCUT2D eigenvalue weighted by Gasteiger charge is -2.51. The molecule has 0 spiro atoms. The second kappa shape index (κ2) is 10.3. The molecule has 6 atom stereocenters. The van der Waals surface area contributed by atoms with E-state index in [0.29, 0.717) is 15.6 Å². The first kappa shape index (κ1) is 31.5. The maximum Gasteiger partial charge on any atom is 0.258 e. The third-order valence-corrected chi connectivity index (χ3v) is 12.8. The Morgan fingerprint density at radius 2 is 1.64 bits per heavy atom. The number of amides is 4. The van der Waals surface area contributed by atoms with Crippen molar-refractivity contribution >= 4 is 84.4 Å². The zero-order valence-electron chi connectivity index (χ0n) is 24.0. The number of phenolic OH excluding ortho intramolecular Hbond substituents is 1. The van der Waals surface area contributed by atoms with Gasteiger partial charge >= 0.3 is 0 Å².